The second-order valence-corrected chi connectivity index (χ2v) is 4.35. The Morgan fingerprint density at radius 1 is 1.46 bits per heavy atom. The summed E-state index contributed by atoms with van der Waals surface area (Å²) >= 11 is 3.32. The van der Waals surface area contributed by atoms with Gasteiger partial charge < -0.3 is 9.90 Å². The third-order valence-electron chi connectivity index (χ3n) is 2.51. The van der Waals surface area contributed by atoms with Gasteiger partial charge in [-0.15, -0.1) is 0 Å². The van der Waals surface area contributed by atoms with Crippen LogP contribution in [0.5, 0.6) is 5.75 Å². The van der Waals surface area contributed by atoms with E-state index in [1.807, 2.05) is 6.07 Å². The molecule has 1 N–H and O–H groups in total. The maximum atomic E-state index is 10.8. The maximum absolute atomic E-state index is 10.8. The Bertz CT molecular complexity index is 356. The molecular formula is C10H9BrO2. The lowest BCUT2D eigenvalue weighted by atomic mass is 9.97. The zero-order valence-corrected chi connectivity index (χ0v) is 8.54. The van der Waals surface area contributed by atoms with Crippen LogP contribution in [-0.2, 0) is 10.2 Å². The number of hydrogen-bond acceptors (Lipinski definition) is 2. The molecule has 1 fully saturated rings. The molecule has 68 valence electrons. The highest BCUT2D eigenvalue weighted by molar-refractivity contribution is 9.10. The molecule has 0 saturated heterocycles. The molecule has 0 atom stereocenters. The van der Waals surface area contributed by atoms with Gasteiger partial charge in [-0.05, 0) is 31.0 Å². The fourth-order valence-corrected chi connectivity index (χ4v) is 1.85. The summed E-state index contributed by atoms with van der Waals surface area (Å²) in [4.78, 5) is 10.8. The van der Waals surface area contributed by atoms with Crippen molar-refractivity contribution < 1.29 is 9.90 Å². The van der Waals surface area contributed by atoms with Gasteiger partial charge in [-0.3, -0.25) is 0 Å². The summed E-state index contributed by atoms with van der Waals surface area (Å²) in [7, 11) is 0. The van der Waals surface area contributed by atoms with Gasteiger partial charge in [0.2, 0.25) is 0 Å². The molecule has 1 aromatic rings. The summed E-state index contributed by atoms with van der Waals surface area (Å²) in [5, 5.41) is 9.56. The second-order valence-electron chi connectivity index (χ2n) is 3.44. The van der Waals surface area contributed by atoms with Gasteiger partial charge in [0.1, 0.15) is 12.0 Å². The average Bonchev–Trinajstić information content (AvgIpc) is 2.90. The minimum absolute atomic E-state index is 0.216. The predicted molar refractivity (Wildman–Crippen MR) is 52.8 cm³/mol. The number of hydrogen-bond donors (Lipinski definition) is 1. The number of phenolic OH excluding ortho intramolecular Hbond substituents is 1. The second kappa shape index (κ2) is 2.84. The zero-order chi connectivity index (χ0) is 9.47. The van der Waals surface area contributed by atoms with Crippen LogP contribution in [0, 0.1) is 0 Å². The van der Waals surface area contributed by atoms with Crippen LogP contribution in [0.2, 0.25) is 0 Å². The van der Waals surface area contributed by atoms with Gasteiger partial charge in [0.05, 0.1) is 5.41 Å². The first kappa shape index (κ1) is 8.75. The summed E-state index contributed by atoms with van der Waals surface area (Å²) in [5.74, 6) is 0.216. The first-order valence-corrected chi connectivity index (χ1v) is 4.93. The molecule has 0 aromatic heterocycles. The van der Waals surface area contributed by atoms with E-state index in [-0.39, 0.29) is 5.75 Å². The highest BCUT2D eigenvalue weighted by Gasteiger charge is 2.46. The van der Waals surface area contributed by atoms with Crippen molar-refractivity contribution in [3.8, 4) is 5.75 Å². The largest absolute Gasteiger partial charge is 0.508 e. The summed E-state index contributed by atoms with van der Waals surface area (Å²) in [6, 6.07) is 5.19. The Balaban J connectivity index is 2.50. The zero-order valence-electron chi connectivity index (χ0n) is 6.96. The van der Waals surface area contributed by atoms with E-state index in [0.29, 0.717) is 0 Å². The third-order valence-corrected chi connectivity index (χ3v) is 3.00. The van der Waals surface area contributed by atoms with E-state index < -0.39 is 5.41 Å². The standard InChI is InChI=1S/C10H9BrO2/c11-7-1-2-9(13)8(5-7)10(6-12)3-4-10/h1-2,5-6,13H,3-4H2. The number of aldehydes is 1. The molecule has 0 unspecified atom stereocenters. The number of halogens is 1. The van der Waals surface area contributed by atoms with Gasteiger partial charge in [0.15, 0.2) is 0 Å². The van der Waals surface area contributed by atoms with Gasteiger partial charge in [0.25, 0.3) is 0 Å². The van der Waals surface area contributed by atoms with E-state index >= 15 is 0 Å². The van der Waals surface area contributed by atoms with Crippen LogP contribution in [0.1, 0.15) is 18.4 Å². The van der Waals surface area contributed by atoms with Crippen LogP contribution in [-0.4, -0.2) is 11.4 Å². The van der Waals surface area contributed by atoms with E-state index in [1.54, 1.807) is 12.1 Å². The van der Waals surface area contributed by atoms with Crippen LogP contribution in [0.3, 0.4) is 0 Å². The highest BCUT2D eigenvalue weighted by Crippen LogP contribution is 2.49. The van der Waals surface area contributed by atoms with Crippen molar-refractivity contribution in [3.05, 3.63) is 28.2 Å². The van der Waals surface area contributed by atoms with Crippen LogP contribution >= 0.6 is 15.9 Å². The van der Waals surface area contributed by atoms with Crippen molar-refractivity contribution in [3.63, 3.8) is 0 Å². The summed E-state index contributed by atoms with van der Waals surface area (Å²) in [6.45, 7) is 0. The summed E-state index contributed by atoms with van der Waals surface area (Å²) in [6.07, 6.45) is 2.63. The topological polar surface area (TPSA) is 37.3 Å². The number of aromatic hydroxyl groups is 1. The fraction of sp³-hybridized carbons (Fsp3) is 0.300. The van der Waals surface area contributed by atoms with Crippen molar-refractivity contribution in [2.24, 2.45) is 0 Å². The van der Waals surface area contributed by atoms with E-state index in [4.69, 9.17) is 0 Å². The molecule has 0 spiro atoms. The number of carbonyl (C=O) groups is 1. The number of phenols is 1. The molecule has 0 aliphatic heterocycles. The SMILES string of the molecule is O=CC1(c2cc(Br)ccc2O)CC1. The normalized spacial score (nSPS) is 18.2. The first-order valence-electron chi connectivity index (χ1n) is 4.13. The Kier molecular flexibility index (Phi) is 1.91. The molecule has 2 nitrogen and oxygen atoms in total. The molecule has 1 aliphatic rings. The van der Waals surface area contributed by atoms with Crippen LogP contribution < -0.4 is 0 Å². The summed E-state index contributed by atoms with van der Waals surface area (Å²) < 4.78 is 0.897. The molecule has 0 radical (unpaired) electrons. The molecule has 0 amide bonds. The van der Waals surface area contributed by atoms with E-state index in [0.717, 1.165) is 29.2 Å². The minimum Gasteiger partial charge on any atom is -0.508 e. The lowest BCUT2D eigenvalue weighted by Gasteiger charge is -2.09. The molecule has 1 saturated carbocycles. The Morgan fingerprint density at radius 2 is 2.15 bits per heavy atom. The van der Waals surface area contributed by atoms with Crippen molar-refractivity contribution in [1.29, 1.82) is 0 Å². The lowest BCUT2D eigenvalue weighted by molar-refractivity contribution is -0.109. The van der Waals surface area contributed by atoms with Gasteiger partial charge in [-0.1, -0.05) is 15.9 Å². The fourth-order valence-electron chi connectivity index (χ4n) is 1.49. The monoisotopic (exact) mass is 240 g/mol. The van der Waals surface area contributed by atoms with Gasteiger partial charge >= 0.3 is 0 Å². The third kappa shape index (κ3) is 1.37. The molecular weight excluding hydrogens is 232 g/mol. The molecule has 2 rings (SSSR count). The number of carbonyl (C=O) groups excluding carboxylic acids is 1. The average molecular weight is 241 g/mol. The quantitative estimate of drug-likeness (QED) is 0.807. The molecule has 1 aliphatic carbocycles. The molecule has 3 heteroatoms. The van der Waals surface area contributed by atoms with Crippen molar-refractivity contribution in [2.75, 3.05) is 0 Å². The van der Waals surface area contributed by atoms with Crippen molar-refractivity contribution in [1.82, 2.24) is 0 Å². The van der Waals surface area contributed by atoms with Crippen LogP contribution in [0.4, 0.5) is 0 Å². The van der Waals surface area contributed by atoms with Crippen LogP contribution in [0.15, 0.2) is 22.7 Å². The predicted octanol–water partition coefficient (Wildman–Crippen LogP) is 2.39. The van der Waals surface area contributed by atoms with Gasteiger partial charge in [0, 0.05) is 10.0 Å². The lowest BCUT2D eigenvalue weighted by Crippen LogP contribution is -2.07. The van der Waals surface area contributed by atoms with Gasteiger partial charge in [-0.25, -0.2) is 0 Å². The summed E-state index contributed by atoms with van der Waals surface area (Å²) in [5.41, 5.74) is 0.352. The van der Waals surface area contributed by atoms with Gasteiger partial charge in [-0.2, -0.15) is 0 Å². The Hall–Kier alpha value is -0.830. The van der Waals surface area contributed by atoms with E-state index in [2.05, 4.69) is 15.9 Å². The minimum atomic E-state index is -0.395. The van der Waals surface area contributed by atoms with E-state index in [1.165, 1.54) is 0 Å². The first-order chi connectivity index (χ1) is 6.18. The maximum Gasteiger partial charge on any atom is 0.130 e. The van der Waals surface area contributed by atoms with Crippen molar-refractivity contribution in [2.45, 2.75) is 18.3 Å². The number of benzene rings is 1. The Labute approximate surface area is 84.7 Å². The molecule has 0 heterocycles. The smallest absolute Gasteiger partial charge is 0.130 e. The molecule has 0 bridgehead atoms. The molecule has 13 heavy (non-hydrogen) atoms. The van der Waals surface area contributed by atoms with Crippen LogP contribution in [0.25, 0.3) is 0 Å². The van der Waals surface area contributed by atoms with Crippen molar-refractivity contribution >= 4 is 22.2 Å². The van der Waals surface area contributed by atoms with E-state index in [9.17, 15) is 9.90 Å². The Morgan fingerprint density at radius 3 is 2.69 bits per heavy atom. The number of rotatable bonds is 2. The molecule has 1 aromatic carbocycles. The highest BCUT2D eigenvalue weighted by atomic mass is 79.9.